The second-order valence-corrected chi connectivity index (χ2v) is 8.73. The molecule has 1 aromatic carbocycles. The van der Waals surface area contributed by atoms with Gasteiger partial charge in [-0.2, -0.15) is 0 Å². The Morgan fingerprint density at radius 3 is 2.69 bits per heavy atom. The summed E-state index contributed by atoms with van der Waals surface area (Å²) in [5.74, 6) is -1.98. The van der Waals surface area contributed by atoms with Crippen molar-refractivity contribution >= 4 is 5.71 Å². The summed E-state index contributed by atoms with van der Waals surface area (Å²) in [6.45, 7) is 2.17. The third-order valence-corrected chi connectivity index (χ3v) is 6.56. The summed E-state index contributed by atoms with van der Waals surface area (Å²) in [6.07, 6.45) is 7.27. The van der Waals surface area contributed by atoms with Gasteiger partial charge in [-0.15, -0.1) is 0 Å². The van der Waals surface area contributed by atoms with Gasteiger partial charge in [0.15, 0.2) is 11.6 Å². The highest BCUT2D eigenvalue weighted by Crippen LogP contribution is 2.43. The van der Waals surface area contributed by atoms with Gasteiger partial charge in [0.2, 0.25) is 0 Å². The van der Waals surface area contributed by atoms with Crippen molar-refractivity contribution in [3.63, 3.8) is 0 Å². The minimum Gasteiger partial charge on any atom is -0.392 e. The van der Waals surface area contributed by atoms with Gasteiger partial charge >= 0.3 is 0 Å². The fourth-order valence-corrected chi connectivity index (χ4v) is 4.69. The molecule has 35 heavy (non-hydrogen) atoms. The lowest BCUT2D eigenvalue weighted by atomic mass is 9.84. The van der Waals surface area contributed by atoms with Crippen molar-refractivity contribution in [3.8, 4) is 0 Å². The van der Waals surface area contributed by atoms with Crippen molar-refractivity contribution in [2.75, 3.05) is 26.4 Å². The van der Waals surface area contributed by atoms with Crippen LogP contribution in [0.4, 0.5) is 13.2 Å². The van der Waals surface area contributed by atoms with Gasteiger partial charge in [-0.1, -0.05) is 11.2 Å². The SMILES string of the molecule is FCCON=C(c1ccc(F)c(F)c1)c1ccc(CN2CCC3(CC2)OCc2ccncc23)cn1. The standard InChI is InChI=1S/C26H25F3N4O2/c27-8-12-35-32-25(19-2-3-22(28)23(29)13-19)24-4-1-18(14-31-24)16-33-10-6-26(7-11-33)21-15-30-9-5-20(21)17-34-26/h1-5,9,13-15H,6-8,10-12,16-17H2. The number of fused-ring (bicyclic) bond motifs is 2. The Labute approximate surface area is 201 Å². The highest BCUT2D eigenvalue weighted by atomic mass is 19.2. The van der Waals surface area contributed by atoms with Gasteiger partial charge in [0, 0.05) is 49.4 Å². The first-order valence-corrected chi connectivity index (χ1v) is 11.5. The molecule has 6 nitrogen and oxygen atoms in total. The van der Waals surface area contributed by atoms with Crippen LogP contribution in [0.5, 0.6) is 0 Å². The van der Waals surface area contributed by atoms with E-state index in [1.54, 1.807) is 12.3 Å². The van der Waals surface area contributed by atoms with E-state index in [0.29, 0.717) is 12.3 Å². The molecule has 0 saturated carbocycles. The van der Waals surface area contributed by atoms with E-state index in [2.05, 4.69) is 20.0 Å². The number of hydrogen-bond donors (Lipinski definition) is 0. The van der Waals surface area contributed by atoms with Crippen molar-refractivity contribution in [1.82, 2.24) is 14.9 Å². The van der Waals surface area contributed by atoms with Gasteiger partial charge in [-0.3, -0.25) is 14.9 Å². The third-order valence-electron chi connectivity index (χ3n) is 6.56. The van der Waals surface area contributed by atoms with Gasteiger partial charge < -0.3 is 9.57 Å². The number of ether oxygens (including phenoxy) is 1. The summed E-state index contributed by atoms with van der Waals surface area (Å²) in [4.78, 5) is 16.1. The average Bonchev–Trinajstić information content (AvgIpc) is 3.24. The average molecular weight is 483 g/mol. The first-order chi connectivity index (χ1) is 17.1. The molecule has 0 bridgehead atoms. The summed E-state index contributed by atoms with van der Waals surface area (Å²) >= 11 is 0. The van der Waals surface area contributed by atoms with Gasteiger partial charge in [0.25, 0.3) is 0 Å². The first-order valence-electron chi connectivity index (χ1n) is 11.5. The van der Waals surface area contributed by atoms with Crippen LogP contribution in [0.1, 0.15) is 40.8 Å². The number of aromatic nitrogens is 2. The van der Waals surface area contributed by atoms with E-state index in [1.165, 1.54) is 17.2 Å². The molecule has 2 aliphatic heterocycles. The molecule has 2 aromatic heterocycles. The molecule has 1 fully saturated rings. The molecule has 1 saturated heterocycles. The smallest absolute Gasteiger partial charge is 0.159 e. The van der Waals surface area contributed by atoms with Crippen LogP contribution < -0.4 is 0 Å². The van der Waals surface area contributed by atoms with Gasteiger partial charge in [0.05, 0.1) is 17.9 Å². The minimum absolute atomic E-state index is 0.203. The zero-order valence-corrected chi connectivity index (χ0v) is 19.1. The molecule has 0 N–H and O–H groups in total. The molecule has 0 aliphatic carbocycles. The van der Waals surface area contributed by atoms with E-state index in [4.69, 9.17) is 9.57 Å². The van der Waals surface area contributed by atoms with Crippen molar-refractivity contribution in [3.05, 3.63) is 94.6 Å². The molecule has 3 aromatic rings. The Morgan fingerprint density at radius 1 is 1.09 bits per heavy atom. The Kier molecular flexibility index (Phi) is 6.79. The maximum atomic E-state index is 13.8. The molecular weight excluding hydrogens is 457 g/mol. The summed E-state index contributed by atoms with van der Waals surface area (Å²) in [6, 6.07) is 9.11. The van der Waals surface area contributed by atoms with E-state index < -0.39 is 18.3 Å². The maximum Gasteiger partial charge on any atom is 0.159 e. The molecule has 0 unspecified atom stereocenters. The number of halogens is 3. The summed E-state index contributed by atoms with van der Waals surface area (Å²) in [5.41, 5.74) is 4.11. The van der Waals surface area contributed by atoms with Crippen molar-refractivity contribution in [1.29, 1.82) is 0 Å². The number of likely N-dealkylation sites (tertiary alicyclic amines) is 1. The van der Waals surface area contributed by atoms with E-state index in [9.17, 15) is 13.2 Å². The highest BCUT2D eigenvalue weighted by molar-refractivity contribution is 6.11. The Hall–Kier alpha value is -3.30. The number of oxime groups is 1. The predicted molar refractivity (Wildman–Crippen MR) is 123 cm³/mol. The Balaban J connectivity index is 1.27. The van der Waals surface area contributed by atoms with Crippen molar-refractivity contribution in [2.45, 2.75) is 31.6 Å². The van der Waals surface area contributed by atoms with Gasteiger partial charge in [-0.05, 0) is 54.3 Å². The monoisotopic (exact) mass is 482 g/mol. The molecule has 2 aliphatic rings. The molecule has 182 valence electrons. The van der Waals surface area contributed by atoms with Crippen LogP contribution >= 0.6 is 0 Å². The van der Waals surface area contributed by atoms with Crippen LogP contribution in [0.25, 0.3) is 0 Å². The van der Waals surface area contributed by atoms with E-state index in [0.717, 1.165) is 50.2 Å². The fourth-order valence-electron chi connectivity index (χ4n) is 4.69. The molecule has 0 radical (unpaired) electrons. The highest BCUT2D eigenvalue weighted by Gasteiger charge is 2.42. The summed E-state index contributed by atoms with van der Waals surface area (Å²) in [5, 5.41) is 3.92. The zero-order chi connectivity index (χ0) is 24.3. The number of pyridine rings is 2. The molecule has 5 rings (SSSR count). The molecule has 9 heteroatoms. The number of alkyl halides is 1. The second kappa shape index (κ2) is 10.1. The lowest BCUT2D eigenvalue weighted by Gasteiger charge is -2.39. The van der Waals surface area contributed by atoms with Crippen LogP contribution in [0.3, 0.4) is 0 Å². The lowest BCUT2D eigenvalue weighted by Crippen LogP contribution is -2.42. The predicted octanol–water partition coefficient (Wildman–Crippen LogP) is 4.51. The van der Waals surface area contributed by atoms with E-state index >= 15 is 0 Å². The normalized spacial score (nSPS) is 17.5. The van der Waals surface area contributed by atoms with Crippen LogP contribution in [-0.4, -0.2) is 47.0 Å². The Bertz CT molecular complexity index is 1210. The first kappa shape index (κ1) is 23.4. The Morgan fingerprint density at radius 2 is 1.94 bits per heavy atom. The second-order valence-electron chi connectivity index (χ2n) is 8.73. The molecule has 1 spiro atoms. The van der Waals surface area contributed by atoms with Gasteiger partial charge in [-0.25, -0.2) is 13.2 Å². The fraction of sp³-hybridized carbons (Fsp3) is 0.346. The molecule has 4 heterocycles. The largest absolute Gasteiger partial charge is 0.392 e. The topological polar surface area (TPSA) is 59.8 Å². The minimum atomic E-state index is -1.01. The third kappa shape index (κ3) is 4.92. The van der Waals surface area contributed by atoms with Crippen molar-refractivity contribution < 1.29 is 22.7 Å². The number of benzene rings is 1. The summed E-state index contributed by atoms with van der Waals surface area (Å²) < 4.78 is 45.9. The van der Waals surface area contributed by atoms with E-state index in [1.807, 2.05) is 24.5 Å². The number of nitrogens with zero attached hydrogens (tertiary/aromatic N) is 4. The lowest BCUT2D eigenvalue weighted by molar-refractivity contribution is -0.0800. The van der Waals surface area contributed by atoms with Crippen molar-refractivity contribution in [2.24, 2.45) is 5.16 Å². The van der Waals surface area contributed by atoms with Gasteiger partial charge in [0.1, 0.15) is 19.0 Å². The summed E-state index contributed by atoms with van der Waals surface area (Å²) in [7, 11) is 0. The van der Waals surface area contributed by atoms with E-state index in [-0.39, 0.29) is 23.5 Å². The number of piperidine rings is 1. The maximum absolute atomic E-state index is 13.8. The van der Waals surface area contributed by atoms with Crippen LogP contribution in [0.15, 0.2) is 60.1 Å². The molecule has 0 atom stereocenters. The van der Waals surface area contributed by atoms with Crippen LogP contribution in [0, 0.1) is 11.6 Å². The number of rotatable bonds is 7. The zero-order valence-electron chi connectivity index (χ0n) is 19.1. The molecular formula is C26H25F3N4O2. The molecule has 0 amide bonds. The quantitative estimate of drug-likeness (QED) is 0.282. The number of hydrogen-bond acceptors (Lipinski definition) is 6. The van der Waals surface area contributed by atoms with Crippen LogP contribution in [-0.2, 0) is 28.3 Å². The van der Waals surface area contributed by atoms with Crippen LogP contribution in [0.2, 0.25) is 0 Å².